The lowest BCUT2D eigenvalue weighted by atomic mass is 9.77. The third-order valence-electron chi connectivity index (χ3n) is 9.49. The second-order valence-electron chi connectivity index (χ2n) is 12.5. The molecule has 4 aliphatic rings. The monoisotopic (exact) mass is 586 g/mol. The Hall–Kier alpha value is -2.66. The summed E-state index contributed by atoms with van der Waals surface area (Å²) >= 11 is 0. The summed E-state index contributed by atoms with van der Waals surface area (Å²) < 4.78 is 17.6. The van der Waals surface area contributed by atoms with E-state index in [0.717, 1.165) is 6.42 Å². The summed E-state index contributed by atoms with van der Waals surface area (Å²) in [4.78, 5) is 29.3. The molecular formula is C32H46N2O8. The zero-order chi connectivity index (χ0) is 30.0. The van der Waals surface area contributed by atoms with Gasteiger partial charge in [-0.3, -0.25) is 9.59 Å². The highest BCUT2D eigenvalue weighted by atomic mass is 16.5. The third kappa shape index (κ3) is 6.18. The number of ether oxygens (including phenoxy) is 3. The summed E-state index contributed by atoms with van der Waals surface area (Å²) in [6.45, 7) is 4.39. The van der Waals surface area contributed by atoms with Crippen LogP contribution in [0.3, 0.4) is 0 Å². The lowest BCUT2D eigenvalue weighted by Crippen LogP contribution is -2.56. The number of fused-ring (bicyclic) bond motifs is 5. The summed E-state index contributed by atoms with van der Waals surface area (Å²) in [6, 6.07) is 2.66. The summed E-state index contributed by atoms with van der Waals surface area (Å²) in [7, 11) is 1.50. The van der Waals surface area contributed by atoms with Crippen molar-refractivity contribution in [1.29, 1.82) is 0 Å². The number of hydrogen-bond acceptors (Lipinski definition) is 8. The highest BCUT2D eigenvalue weighted by Crippen LogP contribution is 2.52. The summed E-state index contributed by atoms with van der Waals surface area (Å²) in [5.41, 5.74) is 1.58. The van der Waals surface area contributed by atoms with E-state index < -0.39 is 30.1 Å². The maximum Gasteiger partial charge on any atom is 0.247 e. The van der Waals surface area contributed by atoms with Crippen LogP contribution < -0.4 is 14.8 Å². The highest BCUT2D eigenvalue weighted by molar-refractivity contribution is 5.96. The summed E-state index contributed by atoms with van der Waals surface area (Å²) in [5, 5.41) is 33.9. The Bertz CT molecular complexity index is 1170. The van der Waals surface area contributed by atoms with Crippen LogP contribution in [0.5, 0.6) is 11.5 Å². The third-order valence-corrected chi connectivity index (χ3v) is 9.49. The molecule has 0 saturated heterocycles. The van der Waals surface area contributed by atoms with Gasteiger partial charge in [0.05, 0.1) is 38.4 Å². The molecule has 2 saturated carbocycles. The molecule has 10 heteroatoms. The van der Waals surface area contributed by atoms with Crippen molar-refractivity contribution >= 4 is 11.8 Å². The minimum Gasteiger partial charge on any atom is -0.493 e. The van der Waals surface area contributed by atoms with Crippen molar-refractivity contribution in [2.45, 2.75) is 89.3 Å². The SMILES string of the molecule is COc1cc(CO)cc2c1OC1C2C(C(=O)NCCO)=CC(N(CCCOC(C)C)C(=O)CC2CC3CCC2C3)C1O. The number of carbonyl (C=O) groups is 2. The first-order chi connectivity index (χ1) is 20.2. The fourth-order valence-corrected chi connectivity index (χ4v) is 7.58. The molecular weight excluding hydrogens is 540 g/mol. The minimum absolute atomic E-state index is 0.0263. The second kappa shape index (κ2) is 13.3. The lowest BCUT2D eigenvalue weighted by molar-refractivity contribution is -0.139. The van der Waals surface area contributed by atoms with Crippen molar-refractivity contribution in [3.8, 4) is 11.5 Å². The molecule has 7 atom stereocenters. The lowest BCUT2D eigenvalue weighted by Gasteiger charge is -2.41. The first-order valence-corrected chi connectivity index (χ1v) is 15.4. The number of methoxy groups -OCH3 is 1. The van der Waals surface area contributed by atoms with Crippen molar-refractivity contribution in [3.05, 3.63) is 34.9 Å². The highest BCUT2D eigenvalue weighted by Gasteiger charge is 2.52. The van der Waals surface area contributed by atoms with Gasteiger partial charge in [0.2, 0.25) is 11.8 Å². The predicted molar refractivity (Wildman–Crippen MR) is 155 cm³/mol. The van der Waals surface area contributed by atoms with Crippen molar-refractivity contribution in [2.75, 3.05) is 33.4 Å². The van der Waals surface area contributed by atoms with E-state index in [1.54, 1.807) is 23.1 Å². The van der Waals surface area contributed by atoms with Crippen molar-refractivity contribution in [3.63, 3.8) is 0 Å². The summed E-state index contributed by atoms with van der Waals surface area (Å²) in [5.74, 6) is 1.40. The van der Waals surface area contributed by atoms with Gasteiger partial charge in [0.1, 0.15) is 12.2 Å². The van der Waals surface area contributed by atoms with Crippen LogP contribution in [0.15, 0.2) is 23.8 Å². The van der Waals surface area contributed by atoms with Gasteiger partial charge in [0.15, 0.2) is 11.5 Å². The molecule has 1 aromatic rings. The number of aliphatic hydroxyl groups excluding tert-OH is 3. The largest absolute Gasteiger partial charge is 0.493 e. The van der Waals surface area contributed by atoms with Crippen LogP contribution in [-0.4, -0.2) is 89.8 Å². The van der Waals surface area contributed by atoms with Crippen LogP contribution in [0, 0.1) is 17.8 Å². The average Bonchev–Trinajstić information content (AvgIpc) is 3.70. The zero-order valence-corrected chi connectivity index (χ0v) is 25.0. The molecule has 3 aliphatic carbocycles. The molecule has 2 amide bonds. The fourth-order valence-electron chi connectivity index (χ4n) is 7.58. The molecule has 42 heavy (non-hydrogen) atoms. The molecule has 10 nitrogen and oxygen atoms in total. The predicted octanol–water partition coefficient (Wildman–Crippen LogP) is 2.28. The molecule has 0 radical (unpaired) electrons. The number of nitrogens with zero attached hydrogens (tertiary/aromatic N) is 1. The number of hydrogen-bond donors (Lipinski definition) is 4. The Kier molecular flexibility index (Phi) is 9.77. The Balaban J connectivity index is 1.48. The van der Waals surface area contributed by atoms with E-state index in [9.17, 15) is 24.9 Å². The van der Waals surface area contributed by atoms with Gasteiger partial charge in [-0.1, -0.05) is 6.42 Å². The van der Waals surface area contributed by atoms with Gasteiger partial charge >= 0.3 is 0 Å². The second-order valence-corrected chi connectivity index (χ2v) is 12.5. The van der Waals surface area contributed by atoms with E-state index in [2.05, 4.69) is 5.32 Å². The molecule has 0 aromatic heterocycles. The van der Waals surface area contributed by atoms with E-state index in [1.165, 1.54) is 26.4 Å². The number of carbonyl (C=O) groups excluding carboxylic acids is 2. The Morgan fingerprint density at radius 3 is 2.64 bits per heavy atom. The smallest absolute Gasteiger partial charge is 0.247 e. The number of benzene rings is 1. The van der Waals surface area contributed by atoms with Gasteiger partial charge in [-0.05, 0) is 81.1 Å². The molecule has 5 rings (SSSR count). The quantitative estimate of drug-likeness (QED) is 0.259. The zero-order valence-electron chi connectivity index (χ0n) is 25.0. The average molecular weight is 587 g/mol. The Morgan fingerprint density at radius 2 is 2.00 bits per heavy atom. The van der Waals surface area contributed by atoms with Gasteiger partial charge in [0.25, 0.3) is 0 Å². The van der Waals surface area contributed by atoms with Crippen molar-refractivity contribution < 1.29 is 39.1 Å². The van der Waals surface area contributed by atoms with Crippen LogP contribution in [0.1, 0.15) is 69.4 Å². The maximum absolute atomic E-state index is 14.0. The van der Waals surface area contributed by atoms with E-state index in [1.807, 2.05) is 13.8 Å². The van der Waals surface area contributed by atoms with E-state index in [0.29, 0.717) is 71.9 Å². The molecule has 2 bridgehead atoms. The number of amides is 2. The standard InChI is InChI=1S/C32H46N2O8/c1-18(2)41-10-4-8-34(27(37)15-22-12-19-5-6-21(22)11-19)25-16-24(32(39)33-7-9-35)28-23-13-20(17-36)14-26(40-3)30(23)42-31(28)29(25)38/h13-14,16,18-19,21-22,25,28-29,31,35-36,38H,4-12,15,17H2,1-3H3,(H,33,39). The number of aliphatic hydroxyl groups is 3. The topological polar surface area (TPSA) is 138 Å². The molecule has 4 N–H and O–H groups in total. The van der Waals surface area contributed by atoms with Gasteiger partial charge < -0.3 is 39.7 Å². The van der Waals surface area contributed by atoms with Crippen LogP contribution in [0.2, 0.25) is 0 Å². The minimum atomic E-state index is -1.12. The van der Waals surface area contributed by atoms with Gasteiger partial charge in [-0.15, -0.1) is 0 Å². The Labute approximate surface area is 248 Å². The molecule has 1 aromatic carbocycles. The maximum atomic E-state index is 14.0. The normalized spacial score (nSPS) is 29.1. The molecule has 232 valence electrons. The fraction of sp³-hybridized carbons (Fsp3) is 0.688. The number of rotatable bonds is 13. The first-order valence-electron chi connectivity index (χ1n) is 15.4. The van der Waals surface area contributed by atoms with Crippen LogP contribution >= 0.6 is 0 Å². The van der Waals surface area contributed by atoms with E-state index >= 15 is 0 Å². The molecule has 0 spiro atoms. The molecule has 7 unspecified atom stereocenters. The van der Waals surface area contributed by atoms with Crippen LogP contribution in [0.4, 0.5) is 0 Å². The van der Waals surface area contributed by atoms with Gasteiger partial charge in [0, 0.05) is 37.3 Å². The van der Waals surface area contributed by atoms with Crippen LogP contribution in [0.25, 0.3) is 0 Å². The number of nitrogens with one attached hydrogen (secondary N) is 1. The first kappa shape index (κ1) is 30.8. The van der Waals surface area contributed by atoms with Gasteiger partial charge in [-0.25, -0.2) is 0 Å². The Morgan fingerprint density at radius 1 is 1.19 bits per heavy atom. The molecule has 1 aliphatic heterocycles. The van der Waals surface area contributed by atoms with E-state index in [-0.39, 0.29) is 31.8 Å². The molecule has 2 fully saturated rings. The van der Waals surface area contributed by atoms with Gasteiger partial charge in [-0.2, -0.15) is 0 Å². The van der Waals surface area contributed by atoms with E-state index in [4.69, 9.17) is 14.2 Å². The van der Waals surface area contributed by atoms with Crippen molar-refractivity contribution in [2.24, 2.45) is 17.8 Å². The van der Waals surface area contributed by atoms with Crippen LogP contribution in [-0.2, 0) is 20.9 Å². The summed E-state index contributed by atoms with van der Waals surface area (Å²) in [6.07, 6.45) is 5.54. The molecule has 1 heterocycles. The van der Waals surface area contributed by atoms with Crippen molar-refractivity contribution in [1.82, 2.24) is 10.2 Å².